The lowest BCUT2D eigenvalue weighted by Crippen LogP contribution is -2.25. The first-order chi connectivity index (χ1) is 10.2. The van der Waals surface area contributed by atoms with Gasteiger partial charge in [0.15, 0.2) is 0 Å². The van der Waals surface area contributed by atoms with Crippen molar-refractivity contribution in [2.75, 3.05) is 32.6 Å². The van der Waals surface area contributed by atoms with Crippen LogP contribution in [0.2, 0.25) is 5.02 Å². The van der Waals surface area contributed by atoms with E-state index in [0.29, 0.717) is 0 Å². The molecular weight excluding hydrogens is 284 g/mol. The van der Waals surface area contributed by atoms with Crippen LogP contribution < -0.4 is 10.1 Å². The number of likely N-dealkylation sites (N-methyl/N-ethyl adjacent to an activating group) is 1. The highest BCUT2D eigenvalue weighted by Crippen LogP contribution is 2.20. The predicted molar refractivity (Wildman–Crippen MR) is 89.3 cm³/mol. The highest BCUT2D eigenvalue weighted by Gasteiger charge is 2.05. The number of anilines is 1. The minimum absolute atomic E-state index is 0.755. The molecule has 0 aromatic heterocycles. The van der Waals surface area contributed by atoms with Crippen molar-refractivity contribution >= 4 is 17.3 Å². The second-order valence-corrected chi connectivity index (χ2v) is 5.36. The molecule has 0 spiro atoms. The average molecular weight is 305 g/mol. The molecule has 0 unspecified atom stereocenters. The first-order valence-electron chi connectivity index (χ1n) is 6.99. The van der Waals surface area contributed by atoms with Crippen LogP contribution in [0.1, 0.15) is 5.56 Å². The van der Waals surface area contributed by atoms with Crippen LogP contribution in [-0.4, -0.2) is 32.1 Å². The maximum atomic E-state index is 6.12. The molecule has 0 fully saturated rings. The largest absolute Gasteiger partial charge is 0.496 e. The Hall–Kier alpha value is -1.71. The van der Waals surface area contributed by atoms with Crippen LogP contribution in [0.5, 0.6) is 5.75 Å². The number of hydrogen-bond acceptors (Lipinski definition) is 3. The molecular formula is C17H21ClN2O. The van der Waals surface area contributed by atoms with Crippen molar-refractivity contribution < 1.29 is 4.74 Å². The van der Waals surface area contributed by atoms with Gasteiger partial charge in [-0.3, -0.25) is 0 Å². The lowest BCUT2D eigenvalue weighted by Gasteiger charge is -2.19. The molecule has 2 aromatic rings. The van der Waals surface area contributed by atoms with Gasteiger partial charge < -0.3 is 15.0 Å². The summed E-state index contributed by atoms with van der Waals surface area (Å²) >= 11 is 6.12. The summed E-state index contributed by atoms with van der Waals surface area (Å²) in [6.07, 6.45) is 0. The zero-order chi connectivity index (χ0) is 15.1. The molecule has 4 heteroatoms. The zero-order valence-electron chi connectivity index (χ0n) is 12.5. The molecule has 0 saturated carbocycles. The van der Waals surface area contributed by atoms with Crippen LogP contribution in [0, 0.1) is 0 Å². The Labute approximate surface area is 131 Å². The van der Waals surface area contributed by atoms with Crippen LogP contribution in [0.3, 0.4) is 0 Å². The van der Waals surface area contributed by atoms with E-state index in [1.54, 1.807) is 7.11 Å². The Morgan fingerprint density at radius 3 is 2.57 bits per heavy atom. The van der Waals surface area contributed by atoms with Gasteiger partial charge in [0.1, 0.15) is 5.75 Å². The van der Waals surface area contributed by atoms with E-state index in [4.69, 9.17) is 16.3 Å². The van der Waals surface area contributed by atoms with Crippen LogP contribution in [0.4, 0.5) is 5.69 Å². The number of nitrogens with zero attached hydrogens (tertiary/aromatic N) is 1. The Morgan fingerprint density at radius 1 is 1.10 bits per heavy atom. The number of ether oxygens (including phenoxy) is 1. The number of methoxy groups -OCH3 is 1. The minimum Gasteiger partial charge on any atom is -0.496 e. The molecule has 2 aromatic carbocycles. The normalized spacial score (nSPS) is 10.7. The fourth-order valence-corrected chi connectivity index (χ4v) is 2.39. The monoisotopic (exact) mass is 304 g/mol. The van der Waals surface area contributed by atoms with Gasteiger partial charge in [0.2, 0.25) is 0 Å². The number of rotatable bonds is 7. The Bertz CT molecular complexity index is 574. The summed E-state index contributed by atoms with van der Waals surface area (Å²) < 4.78 is 5.38. The third-order valence-electron chi connectivity index (χ3n) is 3.32. The quantitative estimate of drug-likeness (QED) is 0.840. The first-order valence-corrected chi connectivity index (χ1v) is 7.37. The summed E-state index contributed by atoms with van der Waals surface area (Å²) in [5.74, 6) is 0.934. The third kappa shape index (κ3) is 4.66. The zero-order valence-corrected chi connectivity index (χ0v) is 13.2. The van der Waals surface area contributed by atoms with E-state index in [2.05, 4.69) is 23.3 Å². The second-order valence-electron chi connectivity index (χ2n) is 4.96. The maximum absolute atomic E-state index is 6.12. The molecule has 0 bridgehead atoms. The van der Waals surface area contributed by atoms with Crippen molar-refractivity contribution in [1.29, 1.82) is 0 Å². The Kier molecular flexibility index (Phi) is 5.90. The maximum Gasteiger partial charge on any atom is 0.123 e. The van der Waals surface area contributed by atoms with Gasteiger partial charge in [-0.25, -0.2) is 0 Å². The SMILES string of the molecule is COc1ccccc1CN(C)CCNc1ccccc1Cl. The van der Waals surface area contributed by atoms with E-state index in [0.717, 1.165) is 36.1 Å². The topological polar surface area (TPSA) is 24.5 Å². The molecule has 2 rings (SSSR count). The van der Waals surface area contributed by atoms with Crippen molar-refractivity contribution in [1.82, 2.24) is 4.90 Å². The van der Waals surface area contributed by atoms with Gasteiger partial charge in [-0.05, 0) is 25.2 Å². The average Bonchev–Trinajstić information content (AvgIpc) is 2.50. The highest BCUT2D eigenvalue weighted by atomic mass is 35.5. The molecule has 3 nitrogen and oxygen atoms in total. The van der Waals surface area contributed by atoms with Gasteiger partial charge in [-0.15, -0.1) is 0 Å². The van der Waals surface area contributed by atoms with Crippen LogP contribution >= 0.6 is 11.6 Å². The second kappa shape index (κ2) is 7.91. The predicted octanol–water partition coefficient (Wildman–Crippen LogP) is 3.89. The first kappa shape index (κ1) is 15.7. The van der Waals surface area contributed by atoms with Crippen molar-refractivity contribution in [3.63, 3.8) is 0 Å². The lowest BCUT2D eigenvalue weighted by molar-refractivity contribution is 0.328. The highest BCUT2D eigenvalue weighted by molar-refractivity contribution is 6.33. The molecule has 1 N–H and O–H groups in total. The van der Waals surface area contributed by atoms with Gasteiger partial charge in [-0.2, -0.15) is 0 Å². The number of benzene rings is 2. The molecule has 112 valence electrons. The van der Waals surface area contributed by atoms with E-state index in [9.17, 15) is 0 Å². The molecule has 0 aliphatic rings. The van der Waals surface area contributed by atoms with Crippen LogP contribution in [0.15, 0.2) is 48.5 Å². The van der Waals surface area contributed by atoms with Crippen molar-refractivity contribution in [3.05, 3.63) is 59.1 Å². The lowest BCUT2D eigenvalue weighted by atomic mass is 10.2. The number of para-hydroxylation sites is 2. The summed E-state index contributed by atoms with van der Waals surface area (Å²) in [6.45, 7) is 2.62. The van der Waals surface area contributed by atoms with E-state index >= 15 is 0 Å². The molecule has 0 aliphatic heterocycles. The van der Waals surface area contributed by atoms with E-state index in [1.807, 2.05) is 42.5 Å². The Morgan fingerprint density at radius 2 is 1.81 bits per heavy atom. The standard InChI is InChI=1S/C17H21ClN2O/c1-20(13-14-7-3-6-10-17(14)21-2)12-11-19-16-9-5-4-8-15(16)18/h3-10,19H,11-13H2,1-2H3. The van der Waals surface area contributed by atoms with Gasteiger partial charge in [0, 0.05) is 25.2 Å². The van der Waals surface area contributed by atoms with Gasteiger partial charge in [-0.1, -0.05) is 41.9 Å². The van der Waals surface area contributed by atoms with Gasteiger partial charge in [0.05, 0.1) is 17.8 Å². The third-order valence-corrected chi connectivity index (χ3v) is 3.65. The van der Waals surface area contributed by atoms with Crippen LogP contribution in [0.25, 0.3) is 0 Å². The summed E-state index contributed by atoms with van der Waals surface area (Å²) in [5, 5.41) is 4.11. The van der Waals surface area contributed by atoms with E-state index in [1.165, 1.54) is 5.56 Å². The molecule has 21 heavy (non-hydrogen) atoms. The molecule has 0 radical (unpaired) electrons. The van der Waals surface area contributed by atoms with E-state index < -0.39 is 0 Å². The summed E-state index contributed by atoms with van der Waals surface area (Å²) in [4.78, 5) is 2.25. The number of hydrogen-bond donors (Lipinski definition) is 1. The van der Waals surface area contributed by atoms with Crippen LogP contribution in [-0.2, 0) is 6.54 Å². The molecule has 0 atom stereocenters. The van der Waals surface area contributed by atoms with Gasteiger partial charge >= 0.3 is 0 Å². The Balaban J connectivity index is 1.82. The number of halogens is 1. The summed E-state index contributed by atoms with van der Waals surface area (Å²) in [5.41, 5.74) is 2.17. The molecule has 0 aliphatic carbocycles. The molecule has 0 heterocycles. The van der Waals surface area contributed by atoms with Gasteiger partial charge in [0.25, 0.3) is 0 Å². The number of nitrogens with one attached hydrogen (secondary N) is 1. The van der Waals surface area contributed by atoms with Crippen molar-refractivity contribution in [2.45, 2.75) is 6.54 Å². The molecule has 0 saturated heterocycles. The fraction of sp³-hybridized carbons (Fsp3) is 0.294. The van der Waals surface area contributed by atoms with E-state index in [-0.39, 0.29) is 0 Å². The smallest absolute Gasteiger partial charge is 0.123 e. The molecule has 0 amide bonds. The summed E-state index contributed by atoms with van der Waals surface area (Å²) in [6, 6.07) is 15.9. The van der Waals surface area contributed by atoms with Crippen molar-refractivity contribution in [3.8, 4) is 5.75 Å². The minimum atomic E-state index is 0.755. The fourth-order valence-electron chi connectivity index (χ4n) is 2.19. The van der Waals surface area contributed by atoms with Crippen molar-refractivity contribution in [2.24, 2.45) is 0 Å². The summed E-state index contributed by atoms with van der Waals surface area (Å²) in [7, 11) is 3.80.